The van der Waals surface area contributed by atoms with Gasteiger partial charge in [0.2, 0.25) is 5.88 Å². The molecule has 216 valence electrons. The predicted molar refractivity (Wildman–Crippen MR) is 152 cm³/mol. The molecular weight excluding hydrogens is 534 g/mol. The van der Waals surface area contributed by atoms with Crippen molar-refractivity contribution in [3.05, 3.63) is 36.8 Å². The number of benzene rings is 1. The third-order valence-corrected chi connectivity index (χ3v) is 8.18. The lowest BCUT2D eigenvalue weighted by Crippen LogP contribution is -2.47. The molecule has 5 rings (SSSR count). The van der Waals surface area contributed by atoms with Crippen LogP contribution in [0.4, 0.5) is 10.5 Å². The Balaban J connectivity index is 1.20. The quantitative estimate of drug-likeness (QED) is 0.398. The first-order valence-electron chi connectivity index (χ1n) is 13.7. The molecule has 0 unspecified atom stereocenters. The molecule has 13 heteroatoms. The van der Waals surface area contributed by atoms with Crippen LogP contribution < -0.4 is 9.64 Å². The topological polar surface area (TPSA) is 123 Å². The number of likely N-dealkylation sites (tertiary alicyclic amines) is 1. The number of sulfone groups is 1. The summed E-state index contributed by atoms with van der Waals surface area (Å²) in [5.74, 6) is 0.689. The Bertz CT molecular complexity index is 1410. The normalized spacial score (nSPS) is 17.5. The number of aromatic nitrogens is 4. The lowest BCUT2D eigenvalue weighted by atomic mass is 10.1. The maximum atomic E-state index is 12.2. The molecule has 2 aliphatic rings. The number of carbonyl (C=O) groups excluding carboxylic acids is 1. The van der Waals surface area contributed by atoms with E-state index in [1.807, 2.05) is 26.0 Å². The van der Waals surface area contributed by atoms with E-state index in [0.717, 1.165) is 42.9 Å². The van der Waals surface area contributed by atoms with Gasteiger partial charge >= 0.3 is 6.09 Å². The molecule has 2 aromatic heterocycles. The molecule has 0 aliphatic carbocycles. The lowest BCUT2D eigenvalue weighted by Gasteiger charge is -2.36. The molecule has 12 nitrogen and oxygen atoms in total. The lowest BCUT2D eigenvalue weighted by molar-refractivity contribution is 0.0511. The summed E-state index contributed by atoms with van der Waals surface area (Å²) in [5, 5.41) is 5.30. The van der Waals surface area contributed by atoms with E-state index >= 15 is 0 Å². The molecule has 0 atom stereocenters. The molecule has 40 heavy (non-hydrogen) atoms. The minimum atomic E-state index is -2.95. The van der Waals surface area contributed by atoms with E-state index in [9.17, 15) is 13.2 Å². The Morgan fingerprint density at radius 1 is 1.00 bits per heavy atom. The molecule has 2 aliphatic heterocycles. The van der Waals surface area contributed by atoms with Crippen molar-refractivity contribution in [1.82, 2.24) is 29.5 Å². The number of ether oxygens (including phenoxy) is 2. The van der Waals surface area contributed by atoms with E-state index in [4.69, 9.17) is 9.47 Å². The largest absolute Gasteiger partial charge is 0.474 e. The number of amides is 1. The number of hydrogen-bond acceptors (Lipinski definition) is 10. The van der Waals surface area contributed by atoms with Crippen LogP contribution in [0.3, 0.4) is 0 Å². The fourth-order valence-corrected chi connectivity index (χ4v) is 5.61. The number of carbonyl (C=O) groups is 1. The minimum absolute atomic E-state index is 0.0596. The third kappa shape index (κ3) is 6.81. The summed E-state index contributed by atoms with van der Waals surface area (Å²) in [6.45, 7) is 8.79. The van der Waals surface area contributed by atoms with Crippen molar-refractivity contribution in [2.24, 2.45) is 0 Å². The van der Waals surface area contributed by atoms with Crippen molar-refractivity contribution in [3.63, 3.8) is 0 Å². The van der Waals surface area contributed by atoms with Gasteiger partial charge in [0.05, 0.1) is 23.7 Å². The van der Waals surface area contributed by atoms with E-state index in [1.165, 1.54) is 12.6 Å². The molecule has 2 saturated heterocycles. The summed E-state index contributed by atoms with van der Waals surface area (Å²) < 4.78 is 36.2. The molecule has 0 bridgehead atoms. The van der Waals surface area contributed by atoms with Gasteiger partial charge in [-0.2, -0.15) is 5.10 Å². The van der Waals surface area contributed by atoms with Crippen LogP contribution in [0.5, 0.6) is 5.88 Å². The molecule has 0 spiro atoms. The first-order chi connectivity index (χ1) is 19.2. The average molecular weight is 572 g/mol. The van der Waals surface area contributed by atoms with Gasteiger partial charge in [-0.1, -0.05) is 0 Å². The van der Waals surface area contributed by atoms with Gasteiger partial charge in [-0.25, -0.2) is 27.9 Å². The zero-order chi connectivity index (χ0) is 28.3. The SMILES string of the molecule is CC(C)OC(=O)N1CCC(Oc2ncnc3c2cnn3-c2ccc(N3CCN(CCS(C)(=O)=O)CC3)cc2)CC1. The van der Waals surface area contributed by atoms with Crippen molar-refractivity contribution in [2.75, 3.05) is 62.7 Å². The van der Waals surface area contributed by atoms with Gasteiger partial charge in [-0.15, -0.1) is 0 Å². The highest BCUT2D eigenvalue weighted by atomic mass is 32.2. The Morgan fingerprint density at radius 3 is 2.33 bits per heavy atom. The van der Waals surface area contributed by atoms with E-state index in [1.54, 1.807) is 15.8 Å². The van der Waals surface area contributed by atoms with Crippen LogP contribution in [-0.4, -0.2) is 114 Å². The summed E-state index contributed by atoms with van der Waals surface area (Å²) in [5.41, 5.74) is 2.66. The van der Waals surface area contributed by atoms with E-state index in [2.05, 4.69) is 37.0 Å². The van der Waals surface area contributed by atoms with Crippen LogP contribution in [0.1, 0.15) is 26.7 Å². The van der Waals surface area contributed by atoms with Crippen LogP contribution in [0.25, 0.3) is 16.7 Å². The Morgan fingerprint density at radius 2 is 1.68 bits per heavy atom. The minimum Gasteiger partial charge on any atom is -0.474 e. The first kappa shape index (κ1) is 28.1. The molecule has 0 N–H and O–H groups in total. The second-order valence-corrected chi connectivity index (χ2v) is 12.9. The number of hydrogen-bond donors (Lipinski definition) is 0. The standard InChI is InChI=1S/C27H37N7O5S/c1-20(2)38-27(35)33-10-8-23(9-11-33)39-26-24-18-30-34(25(24)28-19-29-26)22-6-4-21(5-7-22)32-14-12-31(13-15-32)16-17-40(3,36)37/h4-7,18-20,23H,8-17H2,1-3H3. The summed E-state index contributed by atoms with van der Waals surface area (Å²) in [4.78, 5) is 27.2. The maximum absolute atomic E-state index is 12.2. The number of anilines is 1. The van der Waals surface area contributed by atoms with Crippen LogP contribution in [0, 0.1) is 0 Å². The van der Waals surface area contributed by atoms with E-state index in [0.29, 0.717) is 44.0 Å². The number of nitrogens with zero attached hydrogens (tertiary/aromatic N) is 7. The van der Waals surface area contributed by atoms with Crippen LogP contribution in [0.2, 0.25) is 0 Å². The number of piperazine rings is 1. The molecule has 2 fully saturated rings. The van der Waals surface area contributed by atoms with Crippen LogP contribution >= 0.6 is 0 Å². The zero-order valence-corrected chi connectivity index (χ0v) is 24.1. The van der Waals surface area contributed by atoms with Crippen LogP contribution in [-0.2, 0) is 14.6 Å². The monoisotopic (exact) mass is 571 g/mol. The van der Waals surface area contributed by atoms with Gasteiger partial charge < -0.3 is 19.3 Å². The fourth-order valence-electron chi connectivity index (χ4n) is 5.02. The Kier molecular flexibility index (Phi) is 8.40. The number of fused-ring (bicyclic) bond motifs is 1. The Hall–Kier alpha value is -3.45. The van der Waals surface area contributed by atoms with Gasteiger partial charge in [0.15, 0.2) is 5.65 Å². The summed E-state index contributed by atoms with van der Waals surface area (Å²) in [7, 11) is -2.95. The van der Waals surface area contributed by atoms with E-state index in [-0.39, 0.29) is 24.1 Å². The number of rotatable bonds is 8. The molecular formula is C27H37N7O5S. The van der Waals surface area contributed by atoms with E-state index < -0.39 is 9.84 Å². The molecule has 0 radical (unpaired) electrons. The third-order valence-electron chi connectivity index (χ3n) is 7.25. The smallest absolute Gasteiger partial charge is 0.410 e. The number of piperidine rings is 1. The van der Waals surface area contributed by atoms with Crippen molar-refractivity contribution in [1.29, 1.82) is 0 Å². The van der Waals surface area contributed by atoms with Gasteiger partial charge in [0.25, 0.3) is 0 Å². The Labute approximate surface area is 234 Å². The second-order valence-electron chi connectivity index (χ2n) is 10.7. The van der Waals surface area contributed by atoms with Crippen molar-refractivity contribution < 1.29 is 22.7 Å². The summed E-state index contributed by atoms with van der Waals surface area (Å²) in [6, 6.07) is 8.19. The highest BCUT2D eigenvalue weighted by Gasteiger charge is 2.26. The highest BCUT2D eigenvalue weighted by molar-refractivity contribution is 7.90. The zero-order valence-electron chi connectivity index (χ0n) is 23.3. The van der Waals surface area contributed by atoms with Crippen molar-refractivity contribution in [2.45, 2.75) is 38.9 Å². The van der Waals surface area contributed by atoms with Gasteiger partial charge in [-0.3, -0.25) is 4.90 Å². The first-order valence-corrected chi connectivity index (χ1v) is 15.8. The average Bonchev–Trinajstić information content (AvgIpc) is 3.37. The second kappa shape index (κ2) is 12.0. The fraction of sp³-hybridized carbons (Fsp3) is 0.556. The van der Waals surface area contributed by atoms with Gasteiger partial charge in [0.1, 0.15) is 27.7 Å². The van der Waals surface area contributed by atoms with Crippen molar-refractivity contribution in [3.8, 4) is 11.6 Å². The van der Waals surface area contributed by atoms with Gasteiger partial charge in [-0.05, 0) is 38.1 Å². The summed E-state index contributed by atoms with van der Waals surface area (Å²) in [6.07, 6.45) is 5.41. The van der Waals surface area contributed by atoms with Gasteiger partial charge in [0, 0.05) is 70.6 Å². The molecule has 0 saturated carbocycles. The summed E-state index contributed by atoms with van der Waals surface area (Å²) >= 11 is 0. The predicted octanol–water partition coefficient (Wildman–Crippen LogP) is 2.37. The molecule has 1 aromatic carbocycles. The maximum Gasteiger partial charge on any atom is 0.410 e. The molecule has 1 amide bonds. The van der Waals surface area contributed by atoms with Crippen molar-refractivity contribution >= 4 is 32.7 Å². The molecule has 3 aromatic rings. The van der Waals surface area contributed by atoms with Crippen LogP contribution in [0.15, 0.2) is 36.8 Å². The molecule has 4 heterocycles. The highest BCUT2D eigenvalue weighted by Crippen LogP contribution is 2.27.